The molecular weight excluding hydrogens is 568 g/mol. The number of sulfonamides is 1. The summed E-state index contributed by atoms with van der Waals surface area (Å²) in [5.74, 6) is -0.987. The number of amides is 2. The highest BCUT2D eigenvalue weighted by molar-refractivity contribution is 7.89. The van der Waals surface area contributed by atoms with E-state index in [2.05, 4.69) is 4.98 Å². The van der Waals surface area contributed by atoms with Gasteiger partial charge in [0.2, 0.25) is 15.9 Å². The summed E-state index contributed by atoms with van der Waals surface area (Å²) in [6, 6.07) is 22.1. The van der Waals surface area contributed by atoms with Crippen LogP contribution in [-0.4, -0.2) is 70.8 Å². The van der Waals surface area contributed by atoms with Gasteiger partial charge in [-0.25, -0.2) is 8.42 Å². The van der Waals surface area contributed by atoms with E-state index in [1.54, 1.807) is 30.0 Å². The lowest BCUT2D eigenvalue weighted by Gasteiger charge is -2.33. The summed E-state index contributed by atoms with van der Waals surface area (Å²) in [7, 11) is -3.77. The molecule has 0 atom stereocenters. The number of hydrogen-bond donors (Lipinski definition) is 2. The van der Waals surface area contributed by atoms with Crippen LogP contribution in [0, 0.1) is 6.92 Å². The Morgan fingerprint density at radius 1 is 0.907 bits per heavy atom. The molecule has 0 radical (unpaired) electrons. The highest BCUT2D eigenvalue weighted by atomic mass is 32.2. The van der Waals surface area contributed by atoms with Gasteiger partial charge in [-0.05, 0) is 48.4 Å². The van der Waals surface area contributed by atoms with Gasteiger partial charge < -0.3 is 20.0 Å². The number of aryl methyl sites for hydroxylation is 1. The summed E-state index contributed by atoms with van der Waals surface area (Å²) in [6.07, 6.45) is 1.35. The maximum absolute atomic E-state index is 13.6. The second-order valence-corrected chi connectivity index (χ2v) is 12.3. The van der Waals surface area contributed by atoms with Crippen LogP contribution in [0.2, 0.25) is 0 Å². The molecule has 1 aliphatic rings. The molecule has 1 saturated heterocycles. The van der Waals surface area contributed by atoms with Gasteiger partial charge in [-0.1, -0.05) is 42.5 Å². The lowest BCUT2D eigenvalue weighted by Crippen LogP contribution is -2.49. The molecule has 0 unspecified atom stereocenters. The fourth-order valence-electron chi connectivity index (χ4n) is 5.08. The smallest absolute Gasteiger partial charge is 0.262 e. The van der Waals surface area contributed by atoms with E-state index in [9.17, 15) is 28.2 Å². The summed E-state index contributed by atoms with van der Waals surface area (Å²) in [6.45, 7) is 4.66. The topological polar surface area (TPSA) is 131 Å². The van der Waals surface area contributed by atoms with Gasteiger partial charge in [0.25, 0.3) is 5.91 Å². The van der Waals surface area contributed by atoms with Gasteiger partial charge in [-0.3, -0.25) is 14.6 Å². The normalized spacial score (nSPS) is 14.0. The first kappa shape index (κ1) is 29.7. The molecule has 0 bridgehead atoms. The predicted octanol–water partition coefficient (Wildman–Crippen LogP) is 4.17. The van der Waals surface area contributed by atoms with Crippen molar-refractivity contribution in [3.05, 3.63) is 102 Å². The monoisotopic (exact) mass is 600 g/mol. The van der Waals surface area contributed by atoms with Gasteiger partial charge >= 0.3 is 0 Å². The molecule has 1 fully saturated rings. The fraction of sp³-hybridized carbons (Fsp3) is 0.219. The number of aromatic hydroxyl groups is 2. The van der Waals surface area contributed by atoms with E-state index in [-0.39, 0.29) is 47.5 Å². The average Bonchev–Trinajstić information content (AvgIpc) is 3.00. The number of nitrogens with zero attached hydrogens (tertiary/aromatic N) is 4. The van der Waals surface area contributed by atoms with E-state index in [1.807, 2.05) is 42.5 Å². The molecule has 2 heterocycles. The van der Waals surface area contributed by atoms with E-state index >= 15 is 0 Å². The molecule has 2 N–H and O–H groups in total. The fourth-order valence-corrected chi connectivity index (χ4v) is 6.53. The summed E-state index contributed by atoms with van der Waals surface area (Å²) in [5.41, 5.74) is 3.52. The number of anilines is 1. The number of phenolic OH excluding ortho intramolecular Hbond substituents is 2. The predicted molar refractivity (Wildman–Crippen MR) is 162 cm³/mol. The molecule has 1 aliphatic heterocycles. The summed E-state index contributed by atoms with van der Waals surface area (Å²) in [5, 5.41) is 20.1. The number of carbonyl (C=O) groups excluding carboxylic acids is 2. The van der Waals surface area contributed by atoms with Gasteiger partial charge in [-0.15, -0.1) is 0 Å². The Hall–Kier alpha value is -4.74. The Bertz CT molecular complexity index is 1750. The number of benzene rings is 3. The van der Waals surface area contributed by atoms with E-state index < -0.39 is 15.9 Å². The van der Waals surface area contributed by atoms with Crippen molar-refractivity contribution in [1.82, 2.24) is 14.2 Å². The van der Waals surface area contributed by atoms with Gasteiger partial charge in [0.05, 0.1) is 17.8 Å². The van der Waals surface area contributed by atoms with Crippen molar-refractivity contribution < 1.29 is 28.2 Å². The molecule has 2 amide bonds. The number of piperazine rings is 1. The van der Waals surface area contributed by atoms with Crippen molar-refractivity contribution in [3.63, 3.8) is 0 Å². The quantitative estimate of drug-likeness (QED) is 0.326. The lowest BCUT2D eigenvalue weighted by atomic mass is 10.1. The van der Waals surface area contributed by atoms with Gasteiger partial charge in [0.15, 0.2) is 0 Å². The van der Waals surface area contributed by atoms with Crippen LogP contribution in [-0.2, 0) is 21.4 Å². The third-order valence-corrected chi connectivity index (χ3v) is 9.33. The SMILES string of the molecule is CC(=O)N1CCN(S(=O)(=O)c2cnc(-c3ccc(N(Cc4ccccc4)C(=O)c4ccc(O)cc4O)cc3)c(C)c2)CC1. The van der Waals surface area contributed by atoms with Crippen LogP contribution >= 0.6 is 0 Å². The summed E-state index contributed by atoms with van der Waals surface area (Å²) >= 11 is 0. The molecule has 3 aromatic carbocycles. The van der Waals surface area contributed by atoms with Crippen LogP contribution in [0.25, 0.3) is 11.3 Å². The van der Waals surface area contributed by atoms with Crippen LogP contribution in [0.15, 0.2) is 90.0 Å². The highest BCUT2D eigenvalue weighted by Gasteiger charge is 2.30. The maximum Gasteiger partial charge on any atom is 0.262 e. The Morgan fingerprint density at radius 2 is 1.58 bits per heavy atom. The number of pyridine rings is 1. The lowest BCUT2D eigenvalue weighted by molar-refractivity contribution is -0.129. The Morgan fingerprint density at radius 3 is 2.19 bits per heavy atom. The van der Waals surface area contributed by atoms with Crippen molar-refractivity contribution in [2.45, 2.75) is 25.3 Å². The van der Waals surface area contributed by atoms with Crippen LogP contribution < -0.4 is 4.90 Å². The molecule has 0 spiro atoms. The summed E-state index contributed by atoms with van der Waals surface area (Å²) < 4.78 is 27.9. The Balaban J connectivity index is 1.40. The Labute approximate surface area is 250 Å². The van der Waals surface area contributed by atoms with E-state index in [0.717, 1.165) is 17.2 Å². The van der Waals surface area contributed by atoms with E-state index in [0.29, 0.717) is 30.0 Å². The molecule has 5 rings (SSSR count). The molecule has 0 aliphatic carbocycles. The minimum atomic E-state index is -3.77. The molecule has 11 heteroatoms. The van der Waals surface area contributed by atoms with Crippen molar-refractivity contribution in [2.75, 3.05) is 31.1 Å². The highest BCUT2D eigenvalue weighted by Crippen LogP contribution is 2.30. The molecule has 10 nitrogen and oxygen atoms in total. The number of rotatable bonds is 7. The third kappa shape index (κ3) is 6.37. The van der Waals surface area contributed by atoms with Crippen molar-refractivity contribution >= 4 is 27.5 Å². The number of carbonyl (C=O) groups is 2. The van der Waals surface area contributed by atoms with E-state index in [1.165, 1.54) is 34.5 Å². The second kappa shape index (κ2) is 12.2. The molecule has 4 aromatic rings. The molecule has 222 valence electrons. The third-order valence-electron chi connectivity index (χ3n) is 7.47. The van der Waals surface area contributed by atoms with E-state index in [4.69, 9.17) is 0 Å². The first-order chi connectivity index (χ1) is 20.5. The standard InChI is InChI=1S/C32H32N4O6S/c1-22-18-28(43(41,42)35-16-14-34(15-17-35)23(2)37)20-33-31(22)25-8-10-26(11-9-25)36(21-24-6-4-3-5-7-24)32(40)29-13-12-27(38)19-30(29)39/h3-13,18-20,38-39H,14-17,21H2,1-2H3. The average molecular weight is 601 g/mol. The first-order valence-corrected chi connectivity index (χ1v) is 15.2. The van der Waals surface area contributed by atoms with Crippen molar-refractivity contribution in [2.24, 2.45) is 0 Å². The first-order valence-electron chi connectivity index (χ1n) is 13.7. The number of aromatic nitrogens is 1. The van der Waals surface area contributed by atoms with Gasteiger partial charge in [-0.2, -0.15) is 4.31 Å². The molecule has 43 heavy (non-hydrogen) atoms. The number of phenols is 2. The zero-order chi connectivity index (χ0) is 30.7. The van der Waals surface area contributed by atoms with Crippen molar-refractivity contribution in [1.29, 1.82) is 0 Å². The van der Waals surface area contributed by atoms with Crippen LogP contribution in [0.3, 0.4) is 0 Å². The minimum absolute atomic E-state index is 0.0508. The zero-order valence-corrected chi connectivity index (χ0v) is 24.7. The largest absolute Gasteiger partial charge is 0.508 e. The van der Waals surface area contributed by atoms with Gasteiger partial charge in [0.1, 0.15) is 16.4 Å². The van der Waals surface area contributed by atoms with Crippen molar-refractivity contribution in [3.8, 4) is 22.8 Å². The zero-order valence-electron chi connectivity index (χ0n) is 23.8. The minimum Gasteiger partial charge on any atom is -0.508 e. The molecule has 0 saturated carbocycles. The van der Waals surface area contributed by atoms with Gasteiger partial charge in [0, 0.05) is 56.6 Å². The van der Waals surface area contributed by atoms with Crippen LogP contribution in [0.1, 0.15) is 28.4 Å². The second-order valence-electron chi connectivity index (χ2n) is 10.4. The van der Waals surface area contributed by atoms with Crippen LogP contribution in [0.5, 0.6) is 11.5 Å². The Kier molecular flexibility index (Phi) is 8.47. The molecule has 1 aromatic heterocycles. The maximum atomic E-state index is 13.6. The number of hydrogen-bond acceptors (Lipinski definition) is 7. The molecular formula is C32H32N4O6S. The summed E-state index contributed by atoms with van der Waals surface area (Å²) in [4.78, 5) is 33.0. The van der Waals surface area contributed by atoms with Crippen LogP contribution in [0.4, 0.5) is 5.69 Å².